The second-order valence-electron chi connectivity index (χ2n) is 6.84. The first-order valence-electron chi connectivity index (χ1n) is 7.63. The summed E-state index contributed by atoms with van der Waals surface area (Å²) < 4.78 is 0. The fourth-order valence-corrected chi connectivity index (χ4v) is 4.49. The molecule has 0 radical (unpaired) electrons. The topological polar surface area (TPSA) is 32.3 Å². The molecule has 1 amide bonds. The van der Waals surface area contributed by atoms with Crippen LogP contribution in [0.3, 0.4) is 0 Å². The molecule has 102 valence electrons. The van der Waals surface area contributed by atoms with Gasteiger partial charge in [-0.25, -0.2) is 0 Å². The van der Waals surface area contributed by atoms with Crippen LogP contribution in [0, 0.1) is 11.8 Å². The molecule has 0 aromatic heterocycles. The summed E-state index contributed by atoms with van der Waals surface area (Å²) in [5, 5.41) is 3.23. The summed E-state index contributed by atoms with van der Waals surface area (Å²) >= 11 is 0. The molecule has 2 bridgehead atoms. The highest BCUT2D eigenvalue weighted by atomic mass is 16.2. The Morgan fingerprint density at radius 3 is 2.50 bits per heavy atom. The van der Waals surface area contributed by atoms with Gasteiger partial charge in [0.25, 0.3) is 0 Å². The van der Waals surface area contributed by atoms with E-state index in [9.17, 15) is 4.79 Å². The molecule has 3 nitrogen and oxygen atoms in total. The van der Waals surface area contributed by atoms with Crippen LogP contribution in [0.15, 0.2) is 0 Å². The van der Waals surface area contributed by atoms with Crippen molar-refractivity contribution < 1.29 is 4.79 Å². The van der Waals surface area contributed by atoms with Crippen LogP contribution < -0.4 is 5.32 Å². The van der Waals surface area contributed by atoms with Crippen LogP contribution in [0.2, 0.25) is 0 Å². The number of likely N-dealkylation sites (N-methyl/N-ethyl adjacent to an activating group) is 1. The Balaban J connectivity index is 1.85. The number of rotatable bonds is 2. The van der Waals surface area contributed by atoms with Crippen molar-refractivity contribution in [1.29, 1.82) is 0 Å². The van der Waals surface area contributed by atoms with Crippen LogP contribution in [0.4, 0.5) is 0 Å². The van der Waals surface area contributed by atoms with E-state index in [-0.39, 0.29) is 11.6 Å². The number of nitrogens with zero attached hydrogens (tertiary/aromatic N) is 1. The highest BCUT2D eigenvalue weighted by Crippen LogP contribution is 2.51. The second kappa shape index (κ2) is 4.52. The molecule has 3 rings (SSSR count). The molecule has 1 aliphatic heterocycles. The molecule has 0 spiro atoms. The number of amides is 1. The van der Waals surface area contributed by atoms with Crippen molar-refractivity contribution in [3.63, 3.8) is 0 Å². The summed E-state index contributed by atoms with van der Waals surface area (Å²) in [5.74, 6) is 1.94. The highest BCUT2D eigenvalue weighted by molar-refractivity contribution is 5.83. The van der Waals surface area contributed by atoms with Gasteiger partial charge in [-0.05, 0) is 63.8 Å². The van der Waals surface area contributed by atoms with Crippen LogP contribution in [-0.4, -0.2) is 36.0 Å². The van der Waals surface area contributed by atoms with Gasteiger partial charge in [-0.3, -0.25) is 4.79 Å². The first-order chi connectivity index (χ1) is 8.64. The Hall–Kier alpha value is -0.570. The Bertz CT molecular complexity index is 333. The van der Waals surface area contributed by atoms with Crippen molar-refractivity contribution in [1.82, 2.24) is 10.2 Å². The van der Waals surface area contributed by atoms with Gasteiger partial charge in [-0.2, -0.15) is 0 Å². The number of hydrogen-bond donors (Lipinski definition) is 1. The summed E-state index contributed by atoms with van der Waals surface area (Å²) in [4.78, 5) is 15.0. The molecule has 0 aromatic carbocycles. The molecule has 0 aromatic rings. The van der Waals surface area contributed by atoms with Crippen LogP contribution in [0.5, 0.6) is 0 Å². The third-order valence-electron chi connectivity index (χ3n) is 5.63. The molecule has 3 aliphatic rings. The van der Waals surface area contributed by atoms with Gasteiger partial charge in [0.15, 0.2) is 0 Å². The minimum Gasteiger partial charge on any atom is -0.335 e. The third kappa shape index (κ3) is 1.87. The van der Waals surface area contributed by atoms with Crippen LogP contribution in [0.25, 0.3) is 0 Å². The maximum atomic E-state index is 12.8. The van der Waals surface area contributed by atoms with Crippen molar-refractivity contribution >= 4 is 5.91 Å². The second-order valence-corrected chi connectivity index (χ2v) is 6.84. The molecular formula is C15H26N2O. The van der Waals surface area contributed by atoms with Gasteiger partial charge in [0.05, 0.1) is 6.04 Å². The van der Waals surface area contributed by atoms with E-state index in [0.29, 0.717) is 11.8 Å². The lowest BCUT2D eigenvalue weighted by molar-refractivity contribution is -0.139. The molecule has 3 fully saturated rings. The first-order valence-corrected chi connectivity index (χ1v) is 7.63. The van der Waals surface area contributed by atoms with Crippen molar-refractivity contribution in [2.75, 3.05) is 13.6 Å². The number of likely N-dealkylation sites (tertiary alicyclic amines) is 1. The zero-order valence-corrected chi connectivity index (χ0v) is 11.7. The summed E-state index contributed by atoms with van der Waals surface area (Å²) in [6, 6.07) is 0.0592. The van der Waals surface area contributed by atoms with E-state index >= 15 is 0 Å². The Labute approximate surface area is 110 Å². The van der Waals surface area contributed by atoms with Gasteiger partial charge < -0.3 is 10.2 Å². The molecule has 3 heteroatoms. The predicted molar refractivity (Wildman–Crippen MR) is 72.3 cm³/mol. The summed E-state index contributed by atoms with van der Waals surface area (Å²) in [6.45, 7) is 3.29. The van der Waals surface area contributed by atoms with E-state index in [4.69, 9.17) is 0 Å². The number of fused-ring (bicyclic) bond motifs is 2. The van der Waals surface area contributed by atoms with E-state index in [0.717, 1.165) is 18.9 Å². The van der Waals surface area contributed by atoms with Crippen molar-refractivity contribution in [3.8, 4) is 0 Å². The van der Waals surface area contributed by atoms with Crippen LogP contribution in [0.1, 0.15) is 51.9 Å². The summed E-state index contributed by atoms with van der Waals surface area (Å²) in [6.07, 6.45) is 8.67. The Morgan fingerprint density at radius 1 is 1.22 bits per heavy atom. The van der Waals surface area contributed by atoms with Crippen molar-refractivity contribution in [2.24, 2.45) is 11.8 Å². The van der Waals surface area contributed by atoms with Gasteiger partial charge in [0.1, 0.15) is 0 Å². The normalized spacial score (nSPS) is 44.4. The minimum absolute atomic E-state index is 0.0592. The van der Waals surface area contributed by atoms with Gasteiger partial charge in [-0.15, -0.1) is 0 Å². The van der Waals surface area contributed by atoms with E-state index in [1.807, 2.05) is 7.05 Å². The van der Waals surface area contributed by atoms with Crippen LogP contribution >= 0.6 is 0 Å². The number of nitrogens with one attached hydrogen (secondary N) is 1. The summed E-state index contributed by atoms with van der Waals surface area (Å²) in [5.41, 5.74) is 0.245. The molecule has 1 N–H and O–H groups in total. The Morgan fingerprint density at radius 2 is 1.94 bits per heavy atom. The van der Waals surface area contributed by atoms with Crippen LogP contribution in [-0.2, 0) is 4.79 Å². The average Bonchev–Trinajstić information content (AvgIpc) is 2.93. The maximum absolute atomic E-state index is 12.8. The zero-order chi connectivity index (χ0) is 12.8. The van der Waals surface area contributed by atoms with Gasteiger partial charge in [-0.1, -0.05) is 6.92 Å². The minimum atomic E-state index is 0.0592. The molecule has 1 saturated heterocycles. The van der Waals surface area contributed by atoms with E-state index in [2.05, 4.69) is 17.1 Å². The lowest BCUT2D eigenvalue weighted by atomic mass is 9.90. The maximum Gasteiger partial charge on any atom is 0.240 e. The Kier molecular flexibility index (Phi) is 3.13. The van der Waals surface area contributed by atoms with Crippen molar-refractivity contribution in [2.45, 2.75) is 63.5 Å². The average molecular weight is 250 g/mol. The molecule has 2 unspecified atom stereocenters. The fraction of sp³-hybridized carbons (Fsp3) is 0.933. The van der Waals surface area contributed by atoms with Gasteiger partial charge in [0.2, 0.25) is 5.91 Å². The quantitative estimate of drug-likeness (QED) is 0.814. The molecule has 1 heterocycles. The monoisotopic (exact) mass is 250 g/mol. The van der Waals surface area contributed by atoms with E-state index in [1.165, 1.54) is 38.5 Å². The first kappa shape index (κ1) is 12.5. The zero-order valence-electron chi connectivity index (χ0n) is 11.7. The molecule has 18 heavy (non-hydrogen) atoms. The fourth-order valence-electron chi connectivity index (χ4n) is 4.49. The largest absolute Gasteiger partial charge is 0.335 e. The van der Waals surface area contributed by atoms with Gasteiger partial charge >= 0.3 is 0 Å². The third-order valence-corrected chi connectivity index (χ3v) is 5.63. The van der Waals surface area contributed by atoms with Gasteiger partial charge in [0, 0.05) is 12.1 Å². The highest BCUT2D eigenvalue weighted by Gasteiger charge is 2.51. The molecule has 2 saturated carbocycles. The van der Waals surface area contributed by atoms with Crippen molar-refractivity contribution in [3.05, 3.63) is 0 Å². The molecular weight excluding hydrogens is 224 g/mol. The SMILES string of the molecule is CNC1CCC(C)CN(C23CCC(CC2)C3)C1=O. The molecule has 2 aliphatic carbocycles. The smallest absolute Gasteiger partial charge is 0.240 e. The number of carbonyl (C=O) groups excluding carboxylic acids is 1. The van der Waals surface area contributed by atoms with E-state index in [1.54, 1.807) is 0 Å². The lowest BCUT2D eigenvalue weighted by Crippen LogP contribution is -2.54. The lowest BCUT2D eigenvalue weighted by Gasteiger charge is -2.41. The standard InChI is InChI=1S/C15H26N2O/c1-11-3-4-13(16-2)14(18)17(10-11)15-7-5-12(9-15)6-8-15/h11-13,16H,3-10H2,1-2H3. The number of carbonyl (C=O) groups is 1. The molecule has 2 atom stereocenters. The number of hydrogen-bond acceptors (Lipinski definition) is 2. The van der Waals surface area contributed by atoms with E-state index < -0.39 is 0 Å². The predicted octanol–water partition coefficient (Wildman–Crippen LogP) is 2.17. The summed E-state index contributed by atoms with van der Waals surface area (Å²) in [7, 11) is 1.93.